The third-order valence-electron chi connectivity index (χ3n) is 5.68. The van der Waals surface area contributed by atoms with Crippen LogP contribution < -0.4 is 10.1 Å². The third kappa shape index (κ3) is 6.75. The van der Waals surface area contributed by atoms with Crippen molar-refractivity contribution in [3.8, 4) is 17.3 Å². The van der Waals surface area contributed by atoms with Crippen LogP contribution in [-0.4, -0.2) is 68.9 Å². The van der Waals surface area contributed by atoms with Crippen LogP contribution in [0.2, 0.25) is 0 Å². The molecule has 0 radical (unpaired) electrons. The van der Waals surface area contributed by atoms with Crippen molar-refractivity contribution in [1.82, 2.24) is 29.5 Å². The summed E-state index contributed by atoms with van der Waals surface area (Å²) >= 11 is 0. The molecule has 0 unspecified atom stereocenters. The Labute approximate surface area is 218 Å². The fourth-order valence-electron chi connectivity index (χ4n) is 3.87. The molecule has 0 aliphatic carbocycles. The van der Waals surface area contributed by atoms with E-state index in [2.05, 4.69) is 30.3 Å². The molecule has 38 heavy (non-hydrogen) atoms. The maximum atomic E-state index is 13.2. The van der Waals surface area contributed by atoms with Crippen LogP contribution in [0.25, 0.3) is 17.0 Å². The van der Waals surface area contributed by atoms with Crippen molar-refractivity contribution in [3.05, 3.63) is 60.7 Å². The lowest BCUT2D eigenvalue weighted by atomic mass is 10.3. The van der Waals surface area contributed by atoms with Crippen LogP contribution in [0.5, 0.6) is 5.75 Å². The van der Waals surface area contributed by atoms with Gasteiger partial charge in [-0.15, -0.1) is 5.10 Å². The second kappa shape index (κ2) is 12.7. The number of hydrogen-bond acceptors (Lipinski definition) is 8. The minimum Gasteiger partial charge on any atom is -0.490 e. The van der Waals surface area contributed by atoms with E-state index >= 15 is 0 Å². The van der Waals surface area contributed by atoms with Crippen LogP contribution in [0, 0.1) is 0 Å². The molecule has 4 aromatic heterocycles. The number of hydrogen-bond donors (Lipinski definition) is 1. The molecule has 1 fully saturated rings. The Bertz CT molecular complexity index is 1320. The number of pyridine rings is 2. The van der Waals surface area contributed by atoms with E-state index in [1.54, 1.807) is 36.8 Å². The number of alkyl halides is 3. The van der Waals surface area contributed by atoms with Gasteiger partial charge in [0, 0.05) is 32.0 Å². The average molecular weight is 530 g/mol. The first-order chi connectivity index (χ1) is 18.5. The normalized spacial score (nSPS) is 14.1. The first kappa shape index (κ1) is 27.3. The molecular formula is C26H30F3N7O2. The maximum absolute atomic E-state index is 13.2. The highest BCUT2D eigenvalue weighted by molar-refractivity contribution is 5.76. The van der Waals surface area contributed by atoms with E-state index in [0.717, 1.165) is 45.3 Å². The molecule has 0 saturated carbocycles. The van der Waals surface area contributed by atoms with Crippen LogP contribution in [0.1, 0.15) is 26.0 Å². The number of aromatic nitrogens is 5. The van der Waals surface area contributed by atoms with E-state index in [4.69, 9.17) is 9.47 Å². The van der Waals surface area contributed by atoms with Gasteiger partial charge in [0.1, 0.15) is 16.9 Å². The molecule has 1 N–H and O–H groups in total. The van der Waals surface area contributed by atoms with Gasteiger partial charge in [0.2, 0.25) is 5.82 Å². The molecule has 1 aliphatic heterocycles. The number of ether oxygens (including phenoxy) is 2. The zero-order valence-corrected chi connectivity index (χ0v) is 21.3. The molecule has 12 heteroatoms. The van der Waals surface area contributed by atoms with Crippen molar-refractivity contribution in [3.63, 3.8) is 0 Å². The lowest BCUT2D eigenvalue weighted by Gasteiger charge is -2.26. The summed E-state index contributed by atoms with van der Waals surface area (Å²) in [6.45, 7) is 8.76. The van der Waals surface area contributed by atoms with Crippen LogP contribution in [0.3, 0.4) is 0 Å². The van der Waals surface area contributed by atoms with Gasteiger partial charge in [-0.05, 0) is 36.8 Å². The van der Waals surface area contributed by atoms with E-state index in [0.29, 0.717) is 29.4 Å². The molecule has 1 aliphatic rings. The van der Waals surface area contributed by atoms with Gasteiger partial charge in [-0.3, -0.25) is 9.88 Å². The van der Waals surface area contributed by atoms with E-state index in [1.807, 2.05) is 13.8 Å². The highest BCUT2D eigenvalue weighted by Gasteiger charge is 2.32. The first-order valence-corrected chi connectivity index (χ1v) is 12.5. The summed E-state index contributed by atoms with van der Waals surface area (Å²) in [6, 6.07) is 8.97. The van der Waals surface area contributed by atoms with Gasteiger partial charge in [0.25, 0.3) is 0 Å². The zero-order chi connectivity index (χ0) is 27.0. The highest BCUT2D eigenvalue weighted by atomic mass is 19.4. The number of rotatable bonds is 8. The molecule has 4 aromatic rings. The summed E-state index contributed by atoms with van der Waals surface area (Å²) in [5, 5.41) is 7.57. The van der Waals surface area contributed by atoms with Gasteiger partial charge in [-0.2, -0.15) is 13.2 Å². The highest BCUT2D eigenvalue weighted by Crippen LogP contribution is 2.31. The molecule has 0 bridgehead atoms. The second-order valence-electron chi connectivity index (χ2n) is 8.18. The van der Waals surface area contributed by atoms with Crippen LogP contribution >= 0.6 is 0 Å². The first-order valence-electron chi connectivity index (χ1n) is 12.5. The molecule has 202 valence electrons. The Balaban J connectivity index is 0.00000164. The fourth-order valence-corrected chi connectivity index (χ4v) is 3.87. The zero-order valence-electron chi connectivity index (χ0n) is 21.3. The Hall–Kier alpha value is -3.77. The number of morpholine rings is 1. The summed E-state index contributed by atoms with van der Waals surface area (Å²) in [4.78, 5) is 14.7. The molecule has 0 spiro atoms. The van der Waals surface area contributed by atoms with Crippen LogP contribution in [0.4, 0.5) is 24.7 Å². The Morgan fingerprint density at radius 3 is 2.66 bits per heavy atom. The van der Waals surface area contributed by atoms with Gasteiger partial charge in [0.15, 0.2) is 11.6 Å². The predicted octanol–water partition coefficient (Wildman–Crippen LogP) is 5.08. The fraction of sp³-hybridized carbons (Fsp3) is 0.385. The molecule has 1 saturated heterocycles. The molecule has 0 amide bonds. The van der Waals surface area contributed by atoms with Gasteiger partial charge in [-0.1, -0.05) is 19.9 Å². The lowest BCUT2D eigenvalue weighted by molar-refractivity contribution is -0.141. The monoisotopic (exact) mass is 529 g/mol. The average Bonchev–Trinajstić information content (AvgIpc) is 3.42. The Morgan fingerprint density at radius 1 is 1.05 bits per heavy atom. The van der Waals surface area contributed by atoms with Crippen molar-refractivity contribution < 1.29 is 22.6 Å². The Kier molecular flexibility index (Phi) is 9.08. The van der Waals surface area contributed by atoms with Crippen molar-refractivity contribution in [1.29, 1.82) is 0 Å². The minimum absolute atomic E-state index is 0.0118. The van der Waals surface area contributed by atoms with Crippen LogP contribution in [0.15, 0.2) is 55.0 Å². The van der Waals surface area contributed by atoms with Crippen molar-refractivity contribution >= 4 is 17.0 Å². The number of fused-ring (bicyclic) bond motifs is 1. The van der Waals surface area contributed by atoms with Gasteiger partial charge in [0.05, 0.1) is 31.7 Å². The van der Waals surface area contributed by atoms with Gasteiger partial charge >= 0.3 is 6.18 Å². The number of nitrogens with one attached hydrogen (secondary N) is 1. The predicted molar refractivity (Wildman–Crippen MR) is 137 cm³/mol. The lowest BCUT2D eigenvalue weighted by Crippen LogP contribution is -2.37. The van der Waals surface area contributed by atoms with E-state index < -0.39 is 11.9 Å². The molecule has 0 aromatic carbocycles. The number of nitrogens with zero attached hydrogens (tertiary/aromatic N) is 6. The van der Waals surface area contributed by atoms with E-state index in [9.17, 15) is 13.2 Å². The minimum atomic E-state index is -4.57. The number of anilines is 2. The third-order valence-corrected chi connectivity index (χ3v) is 5.68. The molecular weight excluding hydrogens is 499 g/mol. The standard InChI is InChI=1S/C24H24F3N7O2.C2H6/c25-24(26,27)21-6-1-4-18(29-21)22-31-23(19-5-2-10-34(19)32-22)30-17-7-8-28-16-20(17)36-13-3-9-33-11-14-35-15-12-33;1-2/h1-2,4-8,10,16H,3,9,11-15H2,(H,28,30,31,32);1-2H3. The van der Waals surface area contributed by atoms with E-state index in [-0.39, 0.29) is 11.5 Å². The summed E-state index contributed by atoms with van der Waals surface area (Å²) in [7, 11) is 0. The maximum Gasteiger partial charge on any atom is 0.433 e. The van der Waals surface area contributed by atoms with Crippen molar-refractivity contribution in [2.75, 3.05) is 44.8 Å². The Morgan fingerprint density at radius 2 is 1.87 bits per heavy atom. The number of halogens is 3. The topological polar surface area (TPSA) is 89.7 Å². The summed E-state index contributed by atoms with van der Waals surface area (Å²) < 4.78 is 52.5. The van der Waals surface area contributed by atoms with Crippen LogP contribution in [-0.2, 0) is 10.9 Å². The smallest absolute Gasteiger partial charge is 0.433 e. The van der Waals surface area contributed by atoms with Gasteiger partial charge < -0.3 is 14.8 Å². The molecule has 9 nitrogen and oxygen atoms in total. The van der Waals surface area contributed by atoms with Gasteiger partial charge in [-0.25, -0.2) is 14.5 Å². The van der Waals surface area contributed by atoms with Crippen molar-refractivity contribution in [2.45, 2.75) is 26.4 Å². The SMILES string of the molecule is CC.FC(F)(F)c1cccc(-c2nc(Nc3ccncc3OCCCN3CCOCC3)c3cccn3n2)n1. The quantitative estimate of drug-likeness (QED) is 0.316. The summed E-state index contributed by atoms with van der Waals surface area (Å²) in [5.74, 6) is 0.990. The summed E-state index contributed by atoms with van der Waals surface area (Å²) in [5.41, 5.74) is 0.271. The molecule has 0 atom stereocenters. The largest absolute Gasteiger partial charge is 0.490 e. The second-order valence-corrected chi connectivity index (χ2v) is 8.18. The molecule has 5 rings (SSSR count). The van der Waals surface area contributed by atoms with Crippen molar-refractivity contribution in [2.24, 2.45) is 0 Å². The van der Waals surface area contributed by atoms with E-state index in [1.165, 1.54) is 16.6 Å². The summed E-state index contributed by atoms with van der Waals surface area (Å²) in [6.07, 6.45) is 1.20. The molecule has 5 heterocycles.